The third kappa shape index (κ3) is 5.78. The van der Waals surface area contributed by atoms with E-state index in [-0.39, 0.29) is 34.2 Å². The number of piperidine rings is 1. The molecule has 1 N–H and O–H groups in total. The number of hydrogen-bond donors (Lipinski definition) is 1. The highest BCUT2D eigenvalue weighted by atomic mass is 32.2. The van der Waals surface area contributed by atoms with Gasteiger partial charge in [0.1, 0.15) is 0 Å². The Morgan fingerprint density at radius 3 is 2.43 bits per heavy atom. The van der Waals surface area contributed by atoms with Gasteiger partial charge in [0.05, 0.1) is 22.2 Å². The molecule has 2 aliphatic rings. The van der Waals surface area contributed by atoms with E-state index in [0.717, 1.165) is 54.7 Å². The Balaban J connectivity index is 1.39. The van der Waals surface area contributed by atoms with Crippen LogP contribution >= 0.6 is 0 Å². The van der Waals surface area contributed by atoms with Gasteiger partial charge in [0.15, 0.2) is 11.5 Å². The van der Waals surface area contributed by atoms with Gasteiger partial charge in [-0.1, -0.05) is 36.4 Å². The van der Waals surface area contributed by atoms with Gasteiger partial charge in [-0.05, 0) is 81.5 Å². The van der Waals surface area contributed by atoms with Gasteiger partial charge in [0.25, 0.3) is 0 Å². The second kappa shape index (κ2) is 11.7. The molecule has 3 aromatic carbocycles. The lowest BCUT2D eigenvalue weighted by atomic mass is 9.80. The molecule has 0 bridgehead atoms. The van der Waals surface area contributed by atoms with E-state index in [0.29, 0.717) is 12.2 Å². The highest BCUT2D eigenvalue weighted by Gasteiger charge is 2.50. The number of anilines is 1. The molecule has 2 atom stereocenters. The van der Waals surface area contributed by atoms with Crippen molar-refractivity contribution in [3.05, 3.63) is 72.3 Å². The number of carbonyl (C=O) groups is 1. The Hall–Kier alpha value is -3.40. The Morgan fingerprint density at radius 1 is 1.05 bits per heavy atom. The first kappa shape index (κ1) is 30.1. The van der Waals surface area contributed by atoms with E-state index in [1.165, 1.54) is 18.4 Å². The molecule has 5 rings (SSSR count). The Morgan fingerprint density at radius 2 is 1.76 bits per heavy atom. The smallest absolute Gasteiger partial charge is 0.242 e. The number of phenolic OH excluding ortho intramolecular Hbond substituents is 1. The van der Waals surface area contributed by atoms with Crippen molar-refractivity contribution in [2.45, 2.75) is 75.6 Å². The summed E-state index contributed by atoms with van der Waals surface area (Å²) in [6.45, 7) is 7.68. The monoisotopic (exact) mass is 591 g/mol. The van der Waals surface area contributed by atoms with Crippen molar-refractivity contribution in [1.29, 1.82) is 0 Å². The summed E-state index contributed by atoms with van der Waals surface area (Å²) in [5.41, 5.74) is 3.46. The number of sulfonamides is 1. The maximum absolute atomic E-state index is 13.5. The number of phenols is 1. The van der Waals surface area contributed by atoms with E-state index in [4.69, 9.17) is 4.74 Å². The minimum Gasteiger partial charge on any atom is -0.504 e. The lowest BCUT2D eigenvalue weighted by Gasteiger charge is -2.48. The molecular weight excluding hydrogens is 550 g/mol. The number of amides is 1. The number of nitrogens with zero attached hydrogens (tertiary/aromatic N) is 3. The summed E-state index contributed by atoms with van der Waals surface area (Å²) in [5.74, 6) is 0.773. The summed E-state index contributed by atoms with van der Waals surface area (Å²) in [6, 6.07) is 20.6. The average Bonchev–Trinajstić information content (AvgIpc) is 3.26. The number of rotatable bonds is 8. The zero-order valence-corrected chi connectivity index (χ0v) is 25.9. The molecule has 1 spiro atoms. The molecule has 0 aliphatic carbocycles. The van der Waals surface area contributed by atoms with E-state index in [1.807, 2.05) is 67.3 Å². The second-order valence-corrected chi connectivity index (χ2v) is 14.2. The fourth-order valence-electron chi connectivity index (χ4n) is 6.41. The van der Waals surface area contributed by atoms with Gasteiger partial charge in [-0.15, -0.1) is 0 Å². The van der Waals surface area contributed by atoms with Gasteiger partial charge in [-0.2, -0.15) is 0 Å². The van der Waals surface area contributed by atoms with E-state index in [2.05, 4.69) is 11.8 Å². The molecule has 9 heteroatoms. The maximum atomic E-state index is 13.5. The number of hydrogen-bond acceptors (Lipinski definition) is 6. The summed E-state index contributed by atoms with van der Waals surface area (Å²) < 4.78 is 32.2. The van der Waals surface area contributed by atoms with Gasteiger partial charge in [0.2, 0.25) is 15.9 Å². The van der Waals surface area contributed by atoms with Crippen LogP contribution in [0.15, 0.2) is 71.6 Å². The molecule has 2 saturated heterocycles. The largest absolute Gasteiger partial charge is 0.504 e. The third-order valence-electron chi connectivity index (χ3n) is 8.55. The van der Waals surface area contributed by atoms with E-state index < -0.39 is 10.0 Å². The van der Waals surface area contributed by atoms with Gasteiger partial charge in [-0.3, -0.25) is 9.69 Å². The van der Waals surface area contributed by atoms with Crippen LogP contribution in [0, 0.1) is 0 Å². The highest BCUT2D eigenvalue weighted by molar-refractivity contribution is 7.89. The molecule has 0 unspecified atom stereocenters. The predicted molar refractivity (Wildman–Crippen MR) is 165 cm³/mol. The minimum atomic E-state index is -3.53. The van der Waals surface area contributed by atoms with Crippen molar-refractivity contribution in [2.24, 2.45) is 0 Å². The van der Waals surface area contributed by atoms with Crippen LogP contribution in [0.3, 0.4) is 0 Å². The minimum absolute atomic E-state index is 0.0299. The number of likely N-dealkylation sites (tertiary alicyclic amines) is 1. The van der Waals surface area contributed by atoms with Crippen molar-refractivity contribution >= 4 is 21.6 Å². The molecule has 0 saturated carbocycles. The zero-order chi connectivity index (χ0) is 30.2. The van der Waals surface area contributed by atoms with E-state index in [9.17, 15) is 18.3 Å². The molecule has 2 fully saturated rings. The van der Waals surface area contributed by atoms with Crippen LogP contribution in [0.5, 0.6) is 11.5 Å². The van der Waals surface area contributed by atoms with Crippen molar-refractivity contribution in [2.75, 3.05) is 25.5 Å². The summed E-state index contributed by atoms with van der Waals surface area (Å²) >= 11 is 0. The van der Waals surface area contributed by atoms with Gasteiger partial charge >= 0.3 is 0 Å². The third-order valence-corrected chi connectivity index (χ3v) is 10.4. The average molecular weight is 592 g/mol. The summed E-state index contributed by atoms with van der Waals surface area (Å²) in [7, 11) is -0.491. The lowest BCUT2D eigenvalue weighted by molar-refractivity contribution is -0.117. The van der Waals surface area contributed by atoms with Crippen LogP contribution in [-0.2, 0) is 21.4 Å². The normalized spacial score (nSPS) is 21.5. The van der Waals surface area contributed by atoms with Crippen LogP contribution in [0.4, 0.5) is 5.69 Å². The van der Waals surface area contributed by atoms with Crippen molar-refractivity contribution in [3.8, 4) is 22.6 Å². The number of aromatic hydroxyl groups is 1. The number of carbonyl (C=O) groups excluding carboxylic acids is 1. The molecule has 3 aromatic rings. The van der Waals surface area contributed by atoms with Gasteiger partial charge < -0.3 is 14.7 Å². The van der Waals surface area contributed by atoms with Gasteiger partial charge in [0, 0.05) is 45.2 Å². The fourth-order valence-corrected chi connectivity index (χ4v) is 7.31. The van der Waals surface area contributed by atoms with Gasteiger partial charge in [-0.25, -0.2) is 12.7 Å². The van der Waals surface area contributed by atoms with E-state index in [1.54, 1.807) is 18.2 Å². The Labute approximate surface area is 249 Å². The predicted octanol–water partition coefficient (Wildman–Crippen LogP) is 5.65. The van der Waals surface area contributed by atoms with Crippen LogP contribution in [-0.4, -0.2) is 67.0 Å². The summed E-state index contributed by atoms with van der Waals surface area (Å²) in [6.07, 6.45) is 2.99. The zero-order valence-electron chi connectivity index (χ0n) is 25.1. The molecular formula is C33H41N3O5S. The number of ether oxygens (including phenoxy) is 1. The molecule has 0 radical (unpaired) electrons. The first-order valence-electron chi connectivity index (χ1n) is 14.6. The first-order valence-corrected chi connectivity index (χ1v) is 16.0. The molecule has 2 heterocycles. The lowest BCUT2D eigenvalue weighted by Crippen LogP contribution is -2.56. The Kier molecular flexibility index (Phi) is 8.38. The topological polar surface area (TPSA) is 90.4 Å². The molecule has 8 nitrogen and oxygen atoms in total. The van der Waals surface area contributed by atoms with E-state index >= 15 is 0 Å². The molecule has 2 aliphatic heterocycles. The fraction of sp³-hybridized carbons (Fsp3) is 0.424. The molecule has 1 amide bonds. The van der Waals surface area contributed by atoms with Crippen LogP contribution in [0.1, 0.15) is 52.0 Å². The van der Waals surface area contributed by atoms with Crippen molar-refractivity contribution in [1.82, 2.24) is 9.21 Å². The van der Waals surface area contributed by atoms with Crippen LogP contribution < -0.4 is 9.64 Å². The summed E-state index contributed by atoms with van der Waals surface area (Å²) in [5, 5.41) is 10.2. The maximum Gasteiger partial charge on any atom is 0.242 e. The molecule has 224 valence electrons. The number of para-hydroxylation sites is 1. The second-order valence-electron chi connectivity index (χ2n) is 12.0. The van der Waals surface area contributed by atoms with Crippen LogP contribution in [0.25, 0.3) is 11.1 Å². The van der Waals surface area contributed by atoms with Crippen molar-refractivity contribution < 1.29 is 23.1 Å². The van der Waals surface area contributed by atoms with Crippen molar-refractivity contribution in [3.63, 3.8) is 0 Å². The molecule has 42 heavy (non-hydrogen) atoms. The molecule has 0 aromatic heterocycles. The SMILES string of the molecule is CC(C)Oc1cc(CN2CC[C@]3(CCC(=O)N3c3ccccc3-c3ccc(S(=O)(=O)N(C)C)cc3)C[C@@H]2C)ccc1O. The standard InChI is InChI=1S/C33H41N3O5S/c1-23(2)41-31-20-25(10-15-30(31)37)22-35-19-18-33(21-24(35)3)17-16-32(38)36(33)29-9-7-6-8-28(29)26-11-13-27(14-12-26)42(39,40)34(4)5/h6-15,20,23-24,37H,16-19,21-22H2,1-5H3/t24-,33+/m0/s1. The quantitative estimate of drug-likeness (QED) is 0.364. The number of benzene rings is 3. The highest BCUT2D eigenvalue weighted by Crippen LogP contribution is 2.47. The first-order chi connectivity index (χ1) is 19.9. The summed E-state index contributed by atoms with van der Waals surface area (Å²) in [4.78, 5) is 18.2. The van der Waals surface area contributed by atoms with Crippen LogP contribution in [0.2, 0.25) is 0 Å². The Bertz CT molecular complexity index is 1550.